The number of anilines is 1. The monoisotopic (exact) mass is 362 g/mol. The maximum absolute atomic E-state index is 12.6. The van der Waals surface area contributed by atoms with Crippen molar-refractivity contribution in [3.63, 3.8) is 0 Å². The Morgan fingerprint density at radius 1 is 1.04 bits per heavy atom. The van der Waals surface area contributed by atoms with Gasteiger partial charge in [-0.25, -0.2) is 0 Å². The first-order valence-electron chi connectivity index (χ1n) is 8.67. The molecule has 0 aliphatic heterocycles. The zero-order valence-electron chi connectivity index (χ0n) is 15.7. The average Bonchev–Trinajstić information content (AvgIpc) is 2.69. The number of carbonyl (C=O) groups excluding carboxylic acids is 1. The predicted molar refractivity (Wildman–Crippen MR) is 105 cm³/mol. The summed E-state index contributed by atoms with van der Waals surface area (Å²) in [5.74, 6) is 1.09. The molecule has 138 valence electrons. The number of para-hydroxylation sites is 2. The first kappa shape index (κ1) is 18.5. The average molecular weight is 362 g/mol. The molecule has 1 heterocycles. The summed E-state index contributed by atoms with van der Waals surface area (Å²) in [5.41, 5.74) is 3.89. The summed E-state index contributed by atoms with van der Waals surface area (Å²) < 4.78 is 11.4. The number of aromatic nitrogens is 1. The number of carbonyl (C=O) groups is 1. The number of aryl methyl sites for hydroxylation is 1. The molecule has 0 bridgehead atoms. The van der Waals surface area contributed by atoms with E-state index in [2.05, 4.69) is 10.3 Å². The highest BCUT2D eigenvalue weighted by Crippen LogP contribution is 2.26. The van der Waals surface area contributed by atoms with Crippen LogP contribution >= 0.6 is 0 Å². The van der Waals surface area contributed by atoms with E-state index in [0.717, 1.165) is 28.3 Å². The third-order valence-corrected chi connectivity index (χ3v) is 4.28. The van der Waals surface area contributed by atoms with Gasteiger partial charge >= 0.3 is 0 Å². The van der Waals surface area contributed by atoms with Gasteiger partial charge in [-0.3, -0.25) is 9.78 Å². The van der Waals surface area contributed by atoms with Crippen molar-refractivity contribution >= 4 is 11.6 Å². The van der Waals surface area contributed by atoms with Gasteiger partial charge in [0.25, 0.3) is 5.91 Å². The van der Waals surface area contributed by atoms with Gasteiger partial charge in [0.1, 0.15) is 18.1 Å². The van der Waals surface area contributed by atoms with Crippen LogP contribution < -0.4 is 14.8 Å². The predicted octanol–water partition coefficient (Wildman–Crippen LogP) is 4.54. The number of pyridine rings is 1. The number of benzene rings is 2. The van der Waals surface area contributed by atoms with Crippen LogP contribution in [0.15, 0.2) is 60.8 Å². The number of rotatable bonds is 6. The van der Waals surface area contributed by atoms with Crippen LogP contribution in [0.25, 0.3) is 0 Å². The highest BCUT2D eigenvalue weighted by molar-refractivity contribution is 6.06. The van der Waals surface area contributed by atoms with Crippen molar-refractivity contribution < 1.29 is 14.3 Å². The van der Waals surface area contributed by atoms with Crippen molar-refractivity contribution in [1.82, 2.24) is 4.98 Å². The Labute approximate surface area is 159 Å². The molecule has 0 spiro atoms. The second-order valence-corrected chi connectivity index (χ2v) is 6.15. The molecule has 0 radical (unpaired) electrons. The van der Waals surface area contributed by atoms with Gasteiger partial charge < -0.3 is 14.8 Å². The molecule has 5 heteroatoms. The van der Waals surface area contributed by atoms with E-state index in [1.54, 1.807) is 25.4 Å². The van der Waals surface area contributed by atoms with Crippen LogP contribution in [0.1, 0.15) is 27.2 Å². The second-order valence-electron chi connectivity index (χ2n) is 6.15. The Kier molecular flexibility index (Phi) is 5.71. The summed E-state index contributed by atoms with van der Waals surface area (Å²) >= 11 is 0. The largest absolute Gasteiger partial charge is 0.496 e. The first-order valence-corrected chi connectivity index (χ1v) is 8.67. The summed E-state index contributed by atoms with van der Waals surface area (Å²) in [6.07, 6.45) is 1.76. The minimum absolute atomic E-state index is 0.219. The van der Waals surface area contributed by atoms with Gasteiger partial charge in [-0.2, -0.15) is 0 Å². The van der Waals surface area contributed by atoms with Crippen molar-refractivity contribution in [2.45, 2.75) is 20.5 Å². The maximum Gasteiger partial charge on any atom is 0.259 e. The van der Waals surface area contributed by atoms with Crippen LogP contribution in [0.5, 0.6) is 11.5 Å². The molecule has 2 aromatic carbocycles. The number of ether oxygens (including phenoxy) is 2. The van der Waals surface area contributed by atoms with Gasteiger partial charge in [0, 0.05) is 23.0 Å². The van der Waals surface area contributed by atoms with Crippen LogP contribution in [-0.4, -0.2) is 18.0 Å². The minimum Gasteiger partial charge on any atom is -0.496 e. The number of methoxy groups -OCH3 is 1. The number of hydrogen-bond acceptors (Lipinski definition) is 4. The highest BCUT2D eigenvalue weighted by atomic mass is 16.5. The van der Waals surface area contributed by atoms with Gasteiger partial charge in [0.2, 0.25) is 0 Å². The standard InChI is InChI=1S/C22H22N2O3/c1-15-13-23-19(16(2)21(15)26-3)14-27-20-12-8-7-11-18(20)22(25)24-17-9-5-4-6-10-17/h4-13H,14H2,1-3H3,(H,24,25). The molecule has 27 heavy (non-hydrogen) atoms. The Bertz CT molecular complexity index is 940. The smallest absolute Gasteiger partial charge is 0.259 e. The number of nitrogens with zero attached hydrogens (tertiary/aromatic N) is 1. The fourth-order valence-corrected chi connectivity index (χ4v) is 2.86. The van der Waals surface area contributed by atoms with E-state index in [4.69, 9.17) is 9.47 Å². The van der Waals surface area contributed by atoms with E-state index in [1.807, 2.05) is 56.3 Å². The van der Waals surface area contributed by atoms with E-state index < -0.39 is 0 Å². The fourth-order valence-electron chi connectivity index (χ4n) is 2.86. The zero-order valence-corrected chi connectivity index (χ0v) is 15.7. The molecule has 5 nitrogen and oxygen atoms in total. The van der Waals surface area contributed by atoms with Crippen molar-refractivity contribution in [1.29, 1.82) is 0 Å². The lowest BCUT2D eigenvalue weighted by Gasteiger charge is -2.14. The zero-order chi connectivity index (χ0) is 19.2. The van der Waals surface area contributed by atoms with Gasteiger partial charge in [-0.1, -0.05) is 30.3 Å². The molecule has 3 rings (SSSR count). The topological polar surface area (TPSA) is 60.5 Å². The number of hydrogen-bond donors (Lipinski definition) is 1. The molecule has 0 fully saturated rings. The van der Waals surface area contributed by atoms with E-state index in [-0.39, 0.29) is 12.5 Å². The lowest BCUT2D eigenvalue weighted by Crippen LogP contribution is -2.14. The molecule has 1 N–H and O–H groups in total. The molecule has 1 amide bonds. The molecule has 0 aliphatic carbocycles. The Hall–Kier alpha value is -3.34. The molecule has 1 aromatic heterocycles. The molecule has 0 aliphatic rings. The molecule has 0 saturated heterocycles. The summed E-state index contributed by atoms with van der Waals surface area (Å²) in [6, 6.07) is 16.5. The summed E-state index contributed by atoms with van der Waals surface area (Å²) in [4.78, 5) is 17.1. The molecule has 0 unspecified atom stereocenters. The summed E-state index contributed by atoms with van der Waals surface area (Å²) in [7, 11) is 1.64. The molecule has 3 aromatic rings. The van der Waals surface area contributed by atoms with Crippen molar-refractivity contribution in [3.8, 4) is 11.5 Å². The quantitative estimate of drug-likeness (QED) is 0.699. The fraction of sp³-hybridized carbons (Fsp3) is 0.182. The lowest BCUT2D eigenvalue weighted by atomic mass is 10.1. The second kappa shape index (κ2) is 8.36. The van der Waals surface area contributed by atoms with E-state index >= 15 is 0 Å². The van der Waals surface area contributed by atoms with E-state index in [9.17, 15) is 4.79 Å². The third-order valence-electron chi connectivity index (χ3n) is 4.28. The van der Waals surface area contributed by atoms with Crippen molar-refractivity contribution in [2.75, 3.05) is 12.4 Å². The maximum atomic E-state index is 12.6. The lowest BCUT2D eigenvalue weighted by molar-refractivity contribution is 0.102. The summed E-state index contributed by atoms with van der Waals surface area (Å²) in [5, 5.41) is 2.88. The third kappa shape index (κ3) is 4.26. The van der Waals surface area contributed by atoms with Gasteiger partial charge in [0.15, 0.2) is 0 Å². The van der Waals surface area contributed by atoms with E-state index in [1.165, 1.54) is 0 Å². The number of amides is 1. The van der Waals surface area contributed by atoms with Gasteiger partial charge in [0.05, 0.1) is 18.4 Å². The first-order chi connectivity index (χ1) is 13.1. The Morgan fingerprint density at radius 3 is 2.48 bits per heavy atom. The summed E-state index contributed by atoms with van der Waals surface area (Å²) in [6.45, 7) is 4.15. The van der Waals surface area contributed by atoms with Crippen LogP contribution in [-0.2, 0) is 6.61 Å². The van der Waals surface area contributed by atoms with Gasteiger partial charge in [-0.15, -0.1) is 0 Å². The van der Waals surface area contributed by atoms with Crippen LogP contribution in [0.2, 0.25) is 0 Å². The normalized spacial score (nSPS) is 10.3. The SMILES string of the molecule is COc1c(C)cnc(COc2ccccc2C(=O)Nc2ccccc2)c1C. The van der Waals surface area contributed by atoms with E-state index in [0.29, 0.717) is 11.3 Å². The van der Waals surface area contributed by atoms with Crippen LogP contribution in [0, 0.1) is 13.8 Å². The molecule has 0 saturated carbocycles. The number of nitrogens with one attached hydrogen (secondary N) is 1. The molecule has 0 atom stereocenters. The van der Waals surface area contributed by atoms with Crippen molar-refractivity contribution in [2.24, 2.45) is 0 Å². The van der Waals surface area contributed by atoms with Crippen LogP contribution in [0.4, 0.5) is 5.69 Å². The Balaban J connectivity index is 1.78. The van der Waals surface area contributed by atoms with Gasteiger partial charge in [-0.05, 0) is 38.1 Å². The molecular formula is C22H22N2O3. The van der Waals surface area contributed by atoms with Crippen LogP contribution in [0.3, 0.4) is 0 Å². The highest BCUT2D eigenvalue weighted by Gasteiger charge is 2.14. The van der Waals surface area contributed by atoms with Crippen molar-refractivity contribution in [3.05, 3.63) is 83.2 Å². The Morgan fingerprint density at radius 2 is 1.74 bits per heavy atom. The molecular weight excluding hydrogens is 340 g/mol. The minimum atomic E-state index is -0.219.